The number of aromatic nitrogens is 1. The summed E-state index contributed by atoms with van der Waals surface area (Å²) in [6, 6.07) is 9.69. The van der Waals surface area contributed by atoms with Crippen LogP contribution in [0.5, 0.6) is 0 Å². The Labute approximate surface area is 131 Å². The molecule has 1 aliphatic rings. The highest BCUT2D eigenvalue weighted by molar-refractivity contribution is 6.29. The van der Waals surface area contributed by atoms with Crippen molar-refractivity contribution in [1.29, 1.82) is 0 Å². The Balaban J connectivity index is 1.94. The van der Waals surface area contributed by atoms with Gasteiger partial charge < -0.3 is 9.64 Å². The summed E-state index contributed by atoms with van der Waals surface area (Å²) in [4.78, 5) is 17.2. The Morgan fingerprint density at radius 3 is 2.82 bits per heavy atom. The van der Waals surface area contributed by atoms with Crippen LogP contribution in [-0.2, 0) is 16.1 Å². The number of hydrogen-bond donors (Lipinski definition) is 0. The van der Waals surface area contributed by atoms with Crippen molar-refractivity contribution >= 4 is 23.3 Å². The van der Waals surface area contributed by atoms with Gasteiger partial charge in [-0.15, -0.1) is 0 Å². The van der Waals surface area contributed by atoms with E-state index >= 15 is 0 Å². The number of cyclic esters (lactones) is 1. The van der Waals surface area contributed by atoms with E-state index in [2.05, 4.69) is 4.98 Å². The second-order valence-electron chi connectivity index (χ2n) is 4.80. The normalized spacial score (nSPS) is 13.7. The first-order valence-electron chi connectivity index (χ1n) is 6.63. The molecule has 0 unspecified atom stereocenters. The third-order valence-corrected chi connectivity index (χ3v) is 3.47. The van der Waals surface area contributed by atoms with Gasteiger partial charge >= 0.3 is 5.97 Å². The lowest BCUT2D eigenvalue weighted by Crippen LogP contribution is -2.23. The maximum atomic E-state index is 13.5. The third kappa shape index (κ3) is 3.26. The van der Waals surface area contributed by atoms with Gasteiger partial charge in [0.1, 0.15) is 17.6 Å². The van der Waals surface area contributed by atoms with Gasteiger partial charge in [-0.3, -0.25) is 0 Å². The van der Waals surface area contributed by atoms with E-state index in [0.717, 1.165) is 5.56 Å². The molecule has 0 fully saturated rings. The molecular weight excluding hydrogens is 307 g/mol. The van der Waals surface area contributed by atoms with Crippen molar-refractivity contribution in [1.82, 2.24) is 4.98 Å². The molecular formula is C16H12ClFN2O2. The van der Waals surface area contributed by atoms with Crippen LogP contribution in [-0.4, -0.2) is 17.6 Å². The molecule has 4 nitrogen and oxygen atoms in total. The topological polar surface area (TPSA) is 42.4 Å². The van der Waals surface area contributed by atoms with Gasteiger partial charge in [0, 0.05) is 24.5 Å². The molecule has 22 heavy (non-hydrogen) atoms. The highest BCUT2D eigenvalue weighted by Gasteiger charge is 2.21. The van der Waals surface area contributed by atoms with Crippen LogP contribution in [0.25, 0.3) is 0 Å². The fourth-order valence-electron chi connectivity index (χ4n) is 2.21. The fourth-order valence-corrected chi connectivity index (χ4v) is 2.32. The number of ether oxygens (including phenoxy) is 1. The Morgan fingerprint density at radius 2 is 2.18 bits per heavy atom. The van der Waals surface area contributed by atoms with E-state index in [-0.39, 0.29) is 12.4 Å². The van der Waals surface area contributed by atoms with Crippen LogP contribution in [0.2, 0.25) is 5.15 Å². The molecule has 0 saturated carbocycles. The lowest BCUT2D eigenvalue weighted by atomic mass is 10.2. The number of pyridine rings is 1. The second kappa shape index (κ2) is 6.15. The minimum Gasteiger partial charge on any atom is -0.456 e. The predicted molar refractivity (Wildman–Crippen MR) is 80.9 cm³/mol. The number of nitrogens with zero attached hydrogens (tertiary/aromatic N) is 2. The molecule has 0 atom stereocenters. The first-order valence-corrected chi connectivity index (χ1v) is 7.00. The van der Waals surface area contributed by atoms with Crippen LogP contribution < -0.4 is 4.90 Å². The van der Waals surface area contributed by atoms with Gasteiger partial charge in [0.05, 0.1) is 5.70 Å². The van der Waals surface area contributed by atoms with Crippen molar-refractivity contribution in [2.24, 2.45) is 0 Å². The molecule has 0 N–H and O–H groups in total. The highest BCUT2D eigenvalue weighted by Crippen LogP contribution is 2.25. The molecule has 0 saturated heterocycles. The van der Waals surface area contributed by atoms with Gasteiger partial charge in [-0.05, 0) is 29.8 Å². The number of rotatable bonds is 4. The molecule has 2 aromatic rings. The fraction of sp³-hybridized carbons (Fsp3) is 0.125. The summed E-state index contributed by atoms with van der Waals surface area (Å²) in [5.74, 6) is -0.742. The molecule has 3 rings (SSSR count). The molecule has 0 spiro atoms. The molecule has 0 radical (unpaired) electrons. The van der Waals surface area contributed by atoms with Crippen molar-refractivity contribution in [2.75, 3.05) is 11.5 Å². The molecule has 112 valence electrons. The Kier molecular flexibility index (Phi) is 4.06. The standard InChI is InChI=1S/C16H12ClFN2O2/c17-15-5-4-11(8-19-15)9-20(14-7-16(21)22-10-14)13-3-1-2-12(18)6-13/h1-8H,9-10H2. The summed E-state index contributed by atoms with van der Waals surface area (Å²) in [5, 5.41) is 0.402. The summed E-state index contributed by atoms with van der Waals surface area (Å²) in [6.07, 6.45) is 3.06. The van der Waals surface area contributed by atoms with Gasteiger partial charge in [-0.1, -0.05) is 23.7 Å². The van der Waals surface area contributed by atoms with Gasteiger partial charge in [-0.25, -0.2) is 14.2 Å². The van der Waals surface area contributed by atoms with Crippen LogP contribution >= 0.6 is 11.6 Å². The third-order valence-electron chi connectivity index (χ3n) is 3.24. The van der Waals surface area contributed by atoms with E-state index in [4.69, 9.17) is 16.3 Å². The Morgan fingerprint density at radius 1 is 1.32 bits per heavy atom. The van der Waals surface area contributed by atoms with E-state index in [0.29, 0.717) is 23.1 Å². The summed E-state index contributed by atoms with van der Waals surface area (Å²) in [7, 11) is 0. The maximum absolute atomic E-state index is 13.5. The predicted octanol–water partition coefficient (Wildman–Crippen LogP) is 3.32. The van der Waals surface area contributed by atoms with Crippen LogP contribution in [0.1, 0.15) is 5.56 Å². The van der Waals surface area contributed by atoms with E-state index in [9.17, 15) is 9.18 Å². The molecule has 2 heterocycles. The van der Waals surface area contributed by atoms with E-state index in [1.54, 1.807) is 24.4 Å². The summed E-state index contributed by atoms with van der Waals surface area (Å²) in [5.41, 5.74) is 2.19. The second-order valence-corrected chi connectivity index (χ2v) is 5.19. The number of esters is 1. The number of benzene rings is 1. The Hall–Kier alpha value is -2.40. The minimum absolute atomic E-state index is 0.163. The zero-order chi connectivity index (χ0) is 15.5. The first kappa shape index (κ1) is 14.5. The number of carbonyl (C=O) groups is 1. The molecule has 1 aromatic heterocycles. The van der Waals surface area contributed by atoms with Crippen molar-refractivity contribution in [3.05, 3.63) is 70.9 Å². The first-order chi connectivity index (χ1) is 10.6. The molecule has 0 aliphatic carbocycles. The zero-order valence-corrected chi connectivity index (χ0v) is 12.3. The average molecular weight is 319 g/mol. The van der Waals surface area contributed by atoms with Crippen molar-refractivity contribution < 1.29 is 13.9 Å². The monoisotopic (exact) mass is 318 g/mol. The van der Waals surface area contributed by atoms with Gasteiger partial charge in [0.15, 0.2) is 0 Å². The van der Waals surface area contributed by atoms with Crippen LogP contribution in [0, 0.1) is 5.82 Å². The molecule has 1 aliphatic heterocycles. The molecule has 6 heteroatoms. The zero-order valence-electron chi connectivity index (χ0n) is 11.5. The molecule has 1 aromatic carbocycles. The summed E-state index contributed by atoms with van der Waals surface area (Å²) >= 11 is 5.78. The van der Waals surface area contributed by atoms with Crippen molar-refractivity contribution in [3.63, 3.8) is 0 Å². The highest BCUT2D eigenvalue weighted by atomic mass is 35.5. The SMILES string of the molecule is O=C1C=C(N(Cc2ccc(Cl)nc2)c2cccc(F)c2)CO1. The summed E-state index contributed by atoms with van der Waals surface area (Å²) in [6.45, 7) is 0.590. The van der Waals surface area contributed by atoms with E-state index < -0.39 is 5.97 Å². The van der Waals surface area contributed by atoms with E-state index in [1.807, 2.05) is 11.0 Å². The van der Waals surface area contributed by atoms with E-state index in [1.165, 1.54) is 18.2 Å². The van der Waals surface area contributed by atoms with Crippen molar-refractivity contribution in [2.45, 2.75) is 6.54 Å². The van der Waals surface area contributed by atoms with Gasteiger partial charge in [0.25, 0.3) is 0 Å². The van der Waals surface area contributed by atoms with Gasteiger partial charge in [-0.2, -0.15) is 0 Å². The number of halogens is 2. The quantitative estimate of drug-likeness (QED) is 0.640. The average Bonchev–Trinajstić information content (AvgIpc) is 2.93. The largest absolute Gasteiger partial charge is 0.456 e. The Bertz CT molecular complexity index is 731. The van der Waals surface area contributed by atoms with Gasteiger partial charge in [0.2, 0.25) is 0 Å². The molecule has 0 amide bonds. The lowest BCUT2D eigenvalue weighted by molar-refractivity contribution is -0.134. The number of anilines is 1. The number of carbonyl (C=O) groups excluding carboxylic acids is 1. The van der Waals surface area contributed by atoms with Crippen LogP contribution in [0.3, 0.4) is 0 Å². The number of hydrogen-bond acceptors (Lipinski definition) is 4. The summed E-state index contributed by atoms with van der Waals surface area (Å²) < 4.78 is 18.5. The molecule has 0 bridgehead atoms. The maximum Gasteiger partial charge on any atom is 0.333 e. The minimum atomic E-state index is -0.398. The van der Waals surface area contributed by atoms with Crippen LogP contribution in [0.15, 0.2) is 54.4 Å². The smallest absolute Gasteiger partial charge is 0.333 e. The lowest BCUT2D eigenvalue weighted by Gasteiger charge is -2.25. The van der Waals surface area contributed by atoms with Crippen molar-refractivity contribution in [3.8, 4) is 0 Å². The van der Waals surface area contributed by atoms with Crippen LogP contribution in [0.4, 0.5) is 10.1 Å².